The van der Waals surface area contributed by atoms with Crippen LogP contribution >= 0.6 is 0 Å². The van der Waals surface area contributed by atoms with Crippen molar-refractivity contribution < 1.29 is 39.3 Å². The molecule has 2 rings (SSSR count). The van der Waals surface area contributed by atoms with Crippen LogP contribution in [0.3, 0.4) is 0 Å². The largest absolute Gasteiger partial charge is 0.480 e. The molecule has 40 heavy (non-hydrogen) atoms. The number of aromatic nitrogens is 2. The fraction of sp³-hybridized carbons (Fsp3) is 0.680. The molecule has 1 aromatic heterocycles. The first-order valence-corrected chi connectivity index (χ1v) is 13.3. The van der Waals surface area contributed by atoms with E-state index in [-0.39, 0.29) is 25.3 Å². The molecule has 0 saturated carbocycles. The van der Waals surface area contributed by atoms with Crippen molar-refractivity contribution in [2.45, 2.75) is 95.8 Å². The molecule has 0 radical (unpaired) electrons. The average molecular weight is 568 g/mol. The molecule has 1 aromatic rings. The fourth-order valence-corrected chi connectivity index (χ4v) is 4.42. The van der Waals surface area contributed by atoms with Crippen molar-refractivity contribution in [3.05, 3.63) is 18.2 Å². The summed E-state index contributed by atoms with van der Waals surface area (Å²) in [6.07, 6.45) is 1.37. The number of carbonyl (C=O) groups is 5. The minimum atomic E-state index is -1.57. The van der Waals surface area contributed by atoms with Crippen molar-refractivity contribution in [2.75, 3.05) is 6.54 Å². The van der Waals surface area contributed by atoms with Gasteiger partial charge in [-0.1, -0.05) is 13.8 Å². The maximum absolute atomic E-state index is 13.6. The zero-order valence-corrected chi connectivity index (χ0v) is 23.2. The Bertz CT molecular complexity index is 1030. The second-order valence-electron chi connectivity index (χ2n) is 10.6. The summed E-state index contributed by atoms with van der Waals surface area (Å²) in [5.74, 6) is -4.16. The lowest BCUT2D eigenvalue weighted by Crippen LogP contribution is -2.59. The third kappa shape index (κ3) is 8.99. The van der Waals surface area contributed by atoms with Crippen LogP contribution in [0.5, 0.6) is 0 Å². The number of hydrogen-bond acceptors (Lipinski definition) is 9. The molecule has 1 aliphatic heterocycles. The number of nitrogens with zero attached hydrogens (tertiary/aromatic N) is 2. The highest BCUT2D eigenvalue weighted by atomic mass is 16.4. The third-order valence-corrected chi connectivity index (χ3v) is 6.64. The standard InChI is InChI=1S/C25H41N7O8/c1-12(2)8-16(21(35)31-20(14(4)34)25(39)40)29-22(36)18-6-5-7-32(18)24(38)17(9-15-10-27-11-28-15)30-23(37)19(26)13(3)33/h10-14,16-20,33-34H,5-9,26H2,1-4H3,(H,27,28)(H,29,36)(H,30,37)(H,31,35)(H,39,40)/t13-,14-,16+,17+,18+,19+,20+/m1/s1. The van der Waals surface area contributed by atoms with Gasteiger partial charge in [-0.2, -0.15) is 0 Å². The molecule has 0 unspecified atom stereocenters. The Balaban J connectivity index is 2.22. The lowest BCUT2D eigenvalue weighted by molar-refractivity contribution is -0.145. The highest BCUT2D eigenvalue weighted by molar-refractivity contribution is 5.96. The molecule has 1 saturated heterocycles. The van der Waals surface area contributed by atoms with Gasteiger partial charge >= 0.3 is 5.97 Å². The summed E-state index contributed by atoms with van der Waals surface area (Å²) in [5, 5.41) is 36.2. The third-order valence-electron chi connectivity index (χ3n) is 6.64. The van der Waals surface area contributed by atoms with Crippen molar-refractivity contribution in [1.29, 1.82) is 0 Å². The number of nitrogens with two attached hydrogens (primary N) is 1. The van der Waals surface area contributed by atoms with Gasteiger partial charge in [-0.3, -0.25) is 19.2 Å². The molecule has 224 valence electrons. The number of carboxylic acids is 1. The maximum Gasteiger partial charge on any atom is 0.328 e. The second kappa shape index (κ2) is 14.7. The van der Waals surface area contributed by atoms with Gasteiger partial charge < -0.3 is 46.9 Å². The van der Waals surface area contributed by atoms with Gasteiger partial charge in [0.1, 0.15) is 24.2 Å². The number of likely N-dealkylation sites (tertiary alicyclic amines) is 1. The minimum Gasteiger partial charge on any atom is -0.480 e. The van der Waals surface area contributed by atoms with Crippen LogP contribution < -0.4 is 21.7 Å². The van der Waals surface area contributed by atoms with Crippen LogP contribution in [0.25, 0.3) is 0 Å². The van der Waals surface area contributed by atoms with Crippen LogP contribution in [-0.2, 0) is 30.4 Å². The Morgan fingerprint density at radius 1 is 1.05 bits per heavy atom. The Labute approximate surface area is 232 Å². The Hall–Kier alpha value is -3.56. The van der Waals surface area contributed by atoms with Gasteiger partial charge in [-0.15, -0.1) is 0 Å². The van der Waals surface area contributed by atoms with Gasteiger partial charge in [0, 0.05) is 24.9 Å². The van der Waals surface area contributed by atoms with Gasteiger partial charge in [0.2, 0.25) is 23.6 Å². The van der Waals surface area contributed by atoms with Gasteiger partial charge in [0.25, 0.3) is 0 Å². The molecular formula is C25H41N7O8. The van der Waals surface area contributed by atoms with E-state index in [1.807, 2.05) is 13.8 Å². The number of imidazole rings is 1. The number of amides is 4. The quantitative estimate of drug-likeness (QED) is 0.119. The van der Waals surface area contributed by atoms with Crippen LogP contribution in [-0.4, -0.2) is 109 Å². The van der Waals surface area contributed by atoms with E-state index in [9.17, 15) is 39.3 Å². The maximum atomic E-state index is 13.6. The lowest BCUT2D eigenvalue weighted by Gasteiger charge is -2.31. The summed E-state index contributed by atoms with van der Waals surface area (Å²) in [4.78, 5) is 72.0. The molecule has 2 heterocycles. The second-order valence-corrected chi connectivity index (χ2v) is 10.6. The molecule has 0 bridgehead atoms. The van der Waals surface area contributed by atoms with Crippen molar-refractivity contribution in [2.24, 2.45) is 11.7 Å². The smallest absolute Gasteiger partial charge is 0.328 e. The number of aliphatic hydroxyl groups excluding tert-OH is 2. The van der Waals surface area contributed by atoms with Crippen LogP contribution in [0.2, 0.25) is 0 Å². The number of carbonyl (C=O) groups excluding carboxylic acids is 4. The Kier molecular flexibility index (Phi) is 12.0. The Morgan fingerprint density at radius 3 is 2.25 bits per heavy atom. The first-order valence-electron chi connectivity index (χ1n) is 13.3. The molecule has 0 aliphatic carbocycles. The fourth-order valence-electron chi connectivity index (χ4n) is 4.42. The first kappa shape index (κ1) is 32.7. The molecular weight excluding hydrogens is 526 g/mol. The summed E-state index contributed by atoms with van der Waals surface area (Å²) in [6, 6.07) is -6.03. The highest BCUT2D eigenvalue weighted by Crippen LogP contribution is 2.20. The SMILES string of the molecule is CC(C)C[C@H](NC(=O)[C@@H]1CCCN1C(=O)[C@H](Cc1cnc[nH]1)NC(=O)[C@@H](N)[C@@H](C)O)C(=O)N[C@H](C(=O)O)[C@@H](C)O. The number of carboxylic acid groups (broad SMARTS) is 1. The van der Waals surface area contributed by atoms with Gasteiger partial charge in [-0.25, -0.2) is 9.78 Å². The van der Waals surface area contributed by atoms with E-state index in [2.05, 4.69) is 25.9 Å². The van der Waals surface area contributed by atoms with Crippen molar-refractivity contribution in [1.82, 2.24) is 30.8 Å². The van der Waals surface area contributed by atoms with Crippen molar-refractivity contribution >= 4 is 29.6 Å². The Morgan fingerprint density at radius 2 is 1.73 bits per heavy atom. The van der Waals surface area contributed by atoms with E-state index in [0.29, 0.717) is 18.5 Å². The van der Waals surface area contributed by atoms with Gasteiger partial charge in [0.15, 0.2) is 6.04 Å². The normalized spacial score (nSPS) is 19.7. The molecule has 1 aliphatic rings. The average Bonchev–Trinajstić information content (AvgIpc) is 3.57. The number of nitrogens with one attached hydrogen (secondary N) is 4. The van der Waals surface area contributed by atoms with E-state index in [1.54, 1.807) is 0 Å². The van der Waals surface area contributed by atoms with Crippen molar-refractivity contribution in [3.8, 4) is 0 Å². The topological polar surface area (TPSA) is 240 Å². The first-order chi connectivity index (χ1) is 18.7. The summed E-state index contributed by atoms with van der Waals surface area (Å²) >= 11 is 0. The minimum absolute atomic E-state index is 0.0241. The van der Waals surface area contributed by atoms with Crippen molar-refractivity contribution in [3.63, 3.8) is 0 Å². The van der Waals surface area contributed by atoms with E-state index < -0.39 is 72.0 Å². The van der Waals surface area contributed by atoms with Gasteiger partial charge in [0.05, 0.1) is 18.5 Å². The van der Waals surface area contributed by atoms with E-state index in [1.165, 1.54) is 31.3 Å². The number of H-pyrrole nitrogens is 1. The molecule has 15 heteroatoms. The monoisotopic (exact) mass is 567 g/mol. The molecule has 0 spiro atoms. The highest BCUT2D eigenvalue weighted by Gasteiger charge is 2.40. The van der Waals surface area contributed by atoms with Crippen LogP contribution in [0.15, 0.2) is 12.5 Å². The predicted molar refractivity (Wildman–Crippen MR) is 141 cm³/mol. The van der Waals surface area contributed by atoms with Gasteiger partial charge in [-0.05, 0) is 39.0 Å². The number of aliphatic hydroxyl groups is 2. The predicted octanol–water partition coefficient (Wildman–Crippen LogP) is -2.38. The van der Waals surface area contributed by atoms with Crippen LogP contribution in [0.1, 0.15) is 52.7 Å². The molecule has 7 atom stereocenters. The molecule has 9 N–H and O–H groups in total. The number of hydrogen-bond donors (Lipinski definition) is 8. The van der Waals surface area contributed by atoms with Crippen LogP contribution in [0.4, 0.5) is 0 Å². The molecule has 0 aromatic carbocycles. The van der Waals surface area contributed by atoms with Crippen LogP contribution in [0, 0.1) is 5.92 Å². The summed E-state index contributed by atoms with van der Waals surface area (Å²) in [7, 11) is 0. The number of rotatable bonds is 14. The van der Waals surface area contributed by atoms with E-state index in [0.717, 1.165) is 0 Å². The lowest BCUT2D eigenvalue weighted by atomic mass is 10.0. The molecule has 15 nitrogen and oxygen atoms in total. The number of aromatic amines is 1. The van der Waals surface area contributed by atoms with E-state index >= 15 is 0 Å². The summed E-state index contributed by atoms with van der Waals surface area (Å²) in [6.45, 7) is 6.44. The summed E-state index contributed by atoms with van der Waals surface area (Å²) in [5.41, 5.74) is 6.29. The summed E-state index contributed by atoms with van der Waals surface area (Å²) < 4.78 is 0. The zero-order chi connectivity index (χ0) is 30.1. The molecule has 1 fully saturated rings. The number of aliphatic carboxylic acids is 1. The molecule has 4 amide bonds. The van der Waals surface area contributed by atoms with E-state index in [4.69, 9.17) is 5.73 Å². The zero-order valence-electron chi connectivity index (χ0n) is 23.2.